The van der Waals surface area contributed by atoms with Gasteiger partial charge in [-0.3, -0.25) is 4.79 Å². The van der Waals surface area contributed by atoms with E-state index < -0.39 is 17.9 Å². The molecule has 0 saturated carbocycles. The van der Waals surface area contributed by atoms with Gasteiger partial charge in [0.2, 0.25) is 0 Å². The van der Waals surface area contributed by atoms with E-state index in [2.05, 4.69) is 0 Å². The lowest BCUT2D eigenvalue weighted by Gasteiger charge is -2.09. The molecule has 0 amide bonds. The van der Waals surface area contributed by atoms with Crippen LogP contribution in [0.25, 0.3) is 0 Å². The molecule has 0 unspecified atom stereocenters. The highest BCUT2D eigenvalue weighted by atomic mass is 19.2. The van der Waals surface area contributed by atoms with Crippen molar-refractivity contribution >= 4 is 5.78 Å². The molecular weight excluding hydrogens is 278 g/mol. The number of ketones is 1. The molecule has 0 spiro atoms. The summed E-state index contributed by atoms with van der Waals surface area (Å²) in [5.74, 6) is -2.38. The molecule has 0 bridgehead atoms. The maximum absolute atomic E-state index is 13.2. The van der Waals surface area contributed by atoms with Crippen molar-refractivity contribution in [2.24, 2.45) is 0 Å². The quantitative estimate of drug-likeness (QED) is 0.814. The molecule has 0 radical (unpaired) electrons. The van der Waals surface area contributed by atoms with Crippen LogP contribution in [-0.4, -0.2) is 19.0 Å². The topological polar surface area (TPSA) is 35.5 Å². The van der Waals surface area contributed by atoms with E-state index in [-0.39, 0.29) is 11.3 Å². The largest absolute Gasteiger partial charge is 0.346 e. The van der Waals surface area contributed by atoms with E-state index in [4.69, 9.17) is 9.47 Å². The van der Waals surface area contributed by atoms with Crippen LogP contribution in [0.5, 0.6) is 0 Å². The van der Waals surface area contributed by atoms with Gasteiger partial charge < -0.3 is 9.47 Å². The number of benzene rings is 2. The molecule has 0 atom stereocenters. The third kappa shape index (κ3) is 2.84. The molecule has 2 aromatic rings. The van der Waals surface area contributed by atoms with E-state index in [0.29, 0.717) is 18.8 Å². The van der Waals surface area contributed by atoms with Gasteiger partial charge in [-0.05, 0) is 18.2 Å². The van der Waals surface area contributed by atoms with Crippen molar-refractivity contribution in [3.8, 4) is 0 Å². The predicted molar refractivity (Wildman–Crippen MR) is 70.9 cm³/mol. The van der Waals surface area contributed by atoms with Gasteiger partial charge in [-0.2, -0.15) is 0 Å². The average Bonchev–Trinajstić information content (AvgIpc) is 3.04. The Hall–Kier alpha value is -2.11. The fourth-order valence-corrected chi connectivity index (χ4v) is 2.15. The van der Waals surface area contributed by atoms with Crippen molar-refractivity contribution < 1.29 is 23.0 Å². The van der Waals surface area contributed by atoms with E-state index in [1.807, 2.05) is 0 Å². The molecule has 3 nitrogen and oxygen atoms in total. The average molecular weight is 290 g/mol. The maximum Gasteiger partial charge on any atom is 0.193 e. The molecule has 1 aliphatic heterocycles. The highest BCUT2D eigenvalue weighted by Gasteiger charge is 2.19. The van der Waals surface area contributed by atoms with Crippen LogP contribution in [0.15, 0.2) is 42.5 Å². The Morgan fingerprint density at radius 3 is 2.14 bits per heavy atom. The Balaban J connectivity index is 1.82. The molecular formula is C16H12F2O3. The number of hydrogen-bond acceptors (Lipinski definition) is 3. The number of rotatable bonds is 3. The van der Waals surface area contributed by atoms with Crippen molar-refractivity contribution in [1.82, 2.24) is 0 Å². The second-order valence-electron chi connectivity index (χ2n) is 4.65. The summed E-state index contributed by atoms with van der Waals surface area (Å²) in [5.41, 5.74) is 1.31. The summed E-state index contributed by atoms with van der Waals surface area (Å²) in [4.78, 5) is 12.2. The monoisotopic (exact) mass is 290 g/mol. The SMILES string of the molecule is O=C(c1ccc(C2OCCO2)cc1)c1ccc(F)c(F)c1. The third-order valence-electron chi connectivity index (χ3n) is 3.25. The molecule has 108 valence electrons. The first-order valence-electron chi connectivity index (χ1n) is 6.48. The van der Waals surface area contributed by atoms with Gasteiger partial charge in [0, 0.05) is 16.7 Å². The van der Waals surface area contributed by atoms with Crippen molar-refractivity contribution in [3.63, 3.8) is 0 Å². The van der Waals surface area contributed by atoms with Gasteiger partial charge in [-0.25, -0.2) is 8.78 Å². The predicted octanol–water partition coefficient (Wildman–Crippen LogP) is 3.24. The fraction of sp³-hybridized carbons (Fsp3) is 0.188. The zero-order valence-corrected chi connectivity index (χ0v) is 11.0. The molecule has 1 aliphatic rings. The lowest BCUT2D eigenvalue weighted by Crippen LogP contribution is -2.04. The van der Waals surface area contributed by atoms with Gasteiger partial charge in [0.05, 0.1) is 13.2 Å². The van der Waals surface area contributed by atoms with Gasteiger partial charge in [-0.15, -0.1) is 0 Å². The van der Waals surface area contributed by atoms with Crippen molar-refractivity contribution in [2.45, 2.75) is 6.29 Å². The number of carbonyl (C=O) groups is 1. The Bertz CT molecular complexity index is 662. The van der Waals surface area contributed by atoms with E-state index in [1.165, 1.54) is 6.07 Å². The summed E-state index contributed by atoms with van der Waals surface area (Å²) in [6.45, 7) is 1.08. The third-order valence-corrected chi connectivity index (χ3v) is 3.25. The van der Waals surface area contributed by atoms with Gasteiger partial charge in [-0.1, -0.05) is 24.3 Å². The molecule has 1 heterocycles. The Morgan fingerprint density at radius 1 is 0.905 bits per heavy atom. The smallest absolute Gasteiger partial charge is 0.193 e. The summed E-state index contributed by atoms with van der Waals surface area (Å²) in [7, 11) is 0. The lowest BCUT2D eigenvalue weighted by atomic mass is 10.0. The minimum Gasteiger partial charge on any atom is -0.346 e. The number of halogens is 2. The second-order valence-corrected chi connectivity index (χ2v) is 4.65. The summed E-state index contributed by atoms with van der Waals surface area (Å²) >= 11 is 0. The first-order valence-corrected chi connectivity index (χ1v) is 6.48. The molecule has 1 saturated heterocycles. The molecule has 3 rings (SSSR count). The second kappa shape index (κ2) is 5.71. The van der Waals surface area contributed by atoms with E-state index in [0.717, 1.165) is 17.7 Å². The van der Waals surface area contributed by atoms with Crippen LogP contribution in [0.2, 0.25) is 0 Å². The summed E-state index contributed by atoms with van der Waals surface area (Å²) in [6.07, 6.45) is -0.405. The van der Waals surface area contributed by atoms with E-state index >= 15 is 0 Å². The minimum atomic E-state index is -1.04. The van der Waals surface area contributed by atoms with Crippen molar-refractivity contribution in [3.05, 3.63) is 70.8 Å². The van der Waals surface area contributed by atoms with Crippen molar-refractivity contribution in [1.29, 1.82) is 0 Å². The zero-order chi connectivity index (χ0) is 14.8. The van der Waals surface area contributed by atoms with E-state index in [9.17, 15) is 13.6 Å². The number of ether oxygens (including phenoxy) is 2. The van der Waals surface area contributed by atoms with Crippen molar-refractivity contribution in [2.75, 3.05) is 13.2 Å². The van der Waals surface area contributed by atoms with Crippen LogP contribution in [0.3, 0.4) is 0 Å². The lowest BCUT2D eigenvalue weighted by molar-refractivity contribution is -0.0441. The normalized spacial score (nSPS) is 15.3. The van der Waals surface area contributed by atoms with Gasteiger partial charge in [0.15, 0.2) is 23.7 Å². The van der Waals surface area contributed by atoms with Crippen LogP contribution in [0.1, 0.15) is 27.8 Å². The summed E-state index contributed by atoms with van der Waals surface area (Å²) in [5, 5.41) is 0. The van der Waals surface area contributed by atoms with Gasteiger partial charge in [0.25, 0.3) is 0 Å². The summed E-state index contributed by atoms with van der Waals surface area (Å²) < 4.78 is 36.7. The first kappa shape index (κ1) is 13.9. The standard InChI is InChI=1S/C16H12F2O3/c17-13-6-5-12(9-14(13)18)15(19)10-1-3-11(4-2-10)16-20-7-8-21-16/h1-6,9,16H,7-8H2. The minimum absolute atomic E-state index is 0.106. The van der Waals surface area contributed by atoms with Crippen LogP contribution in [0.4, 0.5) is 8.78 Å². The summed E-state index contributed by atoms with van der Waals surface area (Å²) in [6, 6.07) is 9.78. The number of hydrogen-bond donors (Lipinski definition) is 0. The first-order chi connectivity index (χ1) is 10.1. The molecule has 0 N–H and O–H groups in total. The van der Waals surface area contributed by atoms with Gasteiger partial charge >= 0.3 is 0 Å². The highest BCUT2D eigenvalue weighted by Crippen LogP contribution is 2.24. The Labute approximate surface area is 120 Å². The van der Waals surface area contributed by atoms with Crippen LogP contribution in [-0.2, 0) is 9.47 Å². The van der Waals surface area contributed by atoms with E-state index in [1.54, 1.807) is 24.3 Å². The fourth-order valence-electron chi connectivity index (χ4n) is 2.15. The Kier molecular flexibility index (Phi) is 3.77. The molecule has 0 aliphatic carbocycles. The van der Waals surface area contributed by atoms with Crippen LogP contribution >= 0.6 is 0 Å². The molecule has 5 heteroatoms. The van der Waals surface area contributed by atoms with Crippen LogP contribution < -0.4 is 0 Å². The van der Waals surface area contributed by atoms with Crippen LogP contribution in [0, 0.1) is 11.6 Å². The maximum atomic E-state index is 13.2. The molecule has 2 aromatic carbocycles. The highest BCUT2D eigenvalue weighted by molar-refractivity contribution is 6.08. The van der Waals surface area contributed by atoms with Gasteiger partial charge in [0.1, 0.15) is 0 Å². The molecule has 0 aromatic heterocycles. The number of carbonyl (C=O) groups excluding carboxylic acids is 1. The molecule has 21 heavy (non-hydrogen) atoms. The zero-order valence-electron chi connectivity index (χ0n) is 11.0. The Morgan fingerprint density at radius 2 is 1.52 bits per heavy atom. The molecule has 1 fully saturated rings.